The van der Waals surface area contributed by atoms with Crippen LogP contribution in [0.2, 0.25) is 0 Å². The maximum atomic E-state index is 4.33. The van der Waals surface area contributed by atoms with E-state index in [0.29, 0.717) is 0 Å². The summed E-state index contributed by atoms with van der Waals surface area (Å²) in [6, 6.07) is 0. The second kappa shape index (κ2) is 4.39. The van der Waals surface area contributed by atoms with Crippen LogP contribution in [0.4, 0.5) is 0 Å². The Balaban J connectivity index is 3.01. The highest BCUT2D eigenvalue weighted by Gasteiger charge is 2.33. The Morgan fingerprint density at radius 2 is 1.46 bits per heavy atom. The highest BCUT2D eigenvalue weighted by Crippen LogP contribution is 2.56. The summed E-state index contributed by atoms with van der Waals surface area (Å²) in [5.74, 6) is 1.65. The molecule has 1 aliphatic heterocycles. The van der Waals surface area contributed by atoms with Crippen molar-refractivity contribution in [1.82, 2.24) is 0 Å². The van der Waals surface area contributed by atoms with E-state index >= 15 is 0 Å². The van der Waals surface area contributed by atoms with Gasteiger partial charge in [0.05, 0.1) is 0 Å². The maximum Gasteiger partial charge on any atom is 0.138 e. The first-order valence-electron chi connectivity index (χ1n) is 3.71. The summed E-state index contributed by atoms with van der Waals surface area (Å²) in [6.07, 6.45) is 3.73. The molecule has 0 saturated carbocycles. The van der Waals surface area contributed by atoms with Gasteiger partial charge in [0.2, 0.25) is 0 Å². The molecule has 0 saturated heterocycles. The molecular weight excluding hydrogens is 220 g/mol. The summed E-state index contributed by atoms with van der Waals surface area (Å²) >= 11 is 8.66. The second-order valence-corrected chi connectivity index (χ2v) is 7.22. The SMILES string of the molecule is C=CCS1(CC=C)C(S)=NN=C1S. The Morgan fingerprint density at radius 1 is 1.08 bits per heavy atom. The van der Waals surface area contributed by atoms with E-state index in [1.165, 1.54) is 0 Å². The summed E-state index contributed by atoms with van der Waals surface area (Å²) in [5.41, 5.74) is 0. The molecule has 1 heterocycles. The third-order valence-electron chi connectivity index (χ3n) is 1.72. The van der Waals surface area contributed by atoms with Crippen molar-refractivity contribution in [2.24, 2.45) is 10.2 Å². The molecule has 0 N–H and O–H groups in total. The van der Waals surface area contributed by atoms with Gasteiger partial charge in [0.25, 0.3) is 0 Å². The third-order valence-corrected chi connectivity index (χ3v) is 7.17. The molecule has 0 bridgehead atoms. The average Bonchev–Trinajstić information content (AvgIpc) is 2.35. The molecule has 0 aliphatic carbocycles. The molecule has 0 radical (unpaired) electrons. The van der Waals surface area contributed by atoms with Crippen LogP contribution < -0.4 is 0 Å². The van der Waals surface area contributed by atoms with Crippen LogP contribution in [-0.2, 0) is 0 Å². The molecule has 0 unspecified atom stereocenters. The van der Waals surface area contributed by atoms with Gasteiger partial charge in [-0.1, -0.05) is 12.2 Å². The van der Waals surface area contributed by atoms with E-state index < -0.39 is 10.0 Å². The van der Waals surface area contributed by atoms with Crippen molar-refractivity contribution in [1.29, 1.82) is 0 Å². The number of nitrogens with zero attached hydrogens (tertiary/aromatic N) is 2. The molecule has 0 atom stereocenters. The Kier molecular flexibility index (Phi) is 3.70. The van der Waals surface area contributed by atoms with Crippen molar-refractivity contribution in [3.8, 4) is 0 Å². The zero-order chi connectivity index (χ0) is 9.90. The minimum absolute atomic E-state index is 0.775. The van der Waals surface area contributed by atoms with Crippen LogP contribution in [0.1, 0.15) is 0 Å². The van der Waals surface area contributed by atoms with Gasteiger partial charge in [0.15, 0.2) is 0 Å². The molecule has 0 aromatic rings. The highest BCUT2D eigenvalue weighted by atomic mass is 32.3. The van der Waals surface area contributed by atoms with Crippen molar-refractivity contribution in [2.45, 2.75) is 0 Å². The van der Waals surface area contributed by atoms with Gasteiger partial charge in [-0.3, -0.25) is 0 Å². The van der Waals surface area contributed by atoms with Crippen molar-refractivity contribution >= 4 is 44.0 Å². The fraction of sp³-hybridized carbons (Fsp3) is 0.250. The molecule has 1 rings (SSSR count). The van der Waals surface area contributed by atoms with E-state index in [1.807, 2.05) is 12.2 Å². The topological polar surface area (TPSA) is 24.7 Å². The Bertz CT molecular complexity index is 264. The van der Waals surface area contributed by atoms with Gasteiger partial charge in [-0.05, 0) is 0 Å². The quantitative estimate of drug-likeness (QED) is 0.550. The van der Waals surface area contributed by atoms with E-state index in [9.17, 15) is 0 Å². The lowest BCUT2D eigenvalue weighted by Gasteiger charge is -2.31. The Hall–Kier alpha value is -0.130. The van der Waals surface area contributed by atoms with Gasteiger partial charge in [-0.25, -0.2) is 0 Å². The summed E-state index contributed by atoms with van der Waals surface area (Å²) in [5, 5.41) is 7.88. The molecule has 0 spiro atoms. The molecule has 2 nitrogen and oxygen atoms in total. The summed E-state index contributed by atoms with van der Waals surface area (Å²) in [4.78, 5) is 0. The molecular formula is C8H12N2S3. The van der Waals surface area contributed by atoms with Gasteiger partial charge in [-0.15, -0.1) is 58.6 Å². The first-order valence-corrected chi connectivity index (χ1v) is 6.58. The zero-order valence-electron chi connectivity index (χ0n) is 7.18. The predicted molar refractivity (Wildman–Crippen MR) is 70.6 cm³/mol. The molecule has 1 aliphatic rings. The fourth-order valence-electron chi connectivity index (χ4n) is 1.09. The lowest BCUT2D eigenvalue weighted by Crippen LogP contribution is -2.16. The minimum atomic E-state index is -1.23. The molecule has 0 aromatic heterocycles. The largest absolute Gasteiger partial charge is 0.138 e. The van der Waals surface area contributed by atoms with Crippen LogP contribution in [0.5, 0.6) is 0 Å². The monoisotopic (exact) mass is 232 g/mol. The lowest BCUT2D eigenvalue weighted by molar-refractivity contribution is 1.29. The summed E-state index contributed by atoms with van der Waals surface area (Å²) in [7, 11) is -1.23. The normalized spacial score (nSPS) is 21.7. The van der Waals surface area contributed by atoms with Crippen molar-refractivity contribution in [2.75, 3.05) is 11.5 Å². The highest BCUT2D eigenvalue weighted by molar-refractivity contribution is 8.69. The third kappa shape index (κ3) is 1.87. The predicted octanol–water partition coefficient (Wildman–Crippen LogP) is 2.66. The van der Waals surface area contributed by atoms with Gasteiger partial charge >= 0.3 is 0 Å². The molecule has 0 amide bonds. The van der Waals surface area contributed by atoms with E-state index in [1.54, 1.807) is 0 Å². The maximum absolute atomic E-state index is 4.33. The molecule has 13 heavy (non-hydrogen) atoms. The van der Waals surface area contributed by atoms with Crippen molar-refractivity contribution in [3.63, 3.8) is 0 Å². The Morgan fingerprint density at radius 3 is 1.77 bits per heavy atom. The number of hydrogen-bond acceptors (Lipinski definition) is 2. The fourth-order valence-corrected chi connectivity index (χ4v) is 4.91. The van der Waals surface area contributed by atoms with E-state index in [0.717, 1.165) is 20.3 Å². The molecule has 0 fully saturated rings. The van der Waals surface area contributed by atoms with Crippen LogP contribution in [0.15, 0.2) is 35.5 Å². The van der Waals surface area contributed by atoms with E-state index in [-0.39, 0.29) is 0 Å². The van der Waals surface area contributed by atoms with Crippen molar-refractivity contribution in [3.05, 3.63) is 25.3 Å². The molecule has 72 valence electrons. The minimum Gasteiger partial charge on any atom is -0.137 e. The number of hydrogen-bond donors (Lipinski definition) is 2. The van der Waals surface area contributed by atoms with Crippen molar-refractivity contribution < 1.29 is 0 Å². The zero-order valence-corrected chi connectivity index (χ0v) is 9.79. The lowest BCUT2D eigenvalue weighted by atomic mass is 10.8. The van der Waals surface area contributed by atoms with Crippen LogP contribution in [0, 0.1) is 0 Å². The van der Waals surface area contributed by atoms with E-state index in [4.69, 9.17) is 0 Å². The summed E-state index contributed by atoms with van der Waals surface area (Å²) < 4.78 is 1.55. The van der Waals surface area contributed by atoms with Crippen LogP contribution in [0.3, 0.4) is 0 Å². The van der Waals surface area contributed by atoms with Crippen LogP contribution >= 0.6 is 35.3 Å². The smallest absolute Gasteiger partial charge is 0.137 e. The number of rotatable bonds is 4. The average molecular weight is 232 g/mol. The van der Waals surface area contributed by atoms with Crippen LogP contribution in [0.25, 0.3) is 0 Å². The molecule has 5 heteroatoms. The second-order valence-electron chi connectivity index (χ2n) is 2.56. The van der Waals surface area contributed by atoms with Gasteiger partial charge in [-0.2, -0.15) is 0 Å². The Labute approximate surface area is 91.0 Å². The summed E-state index contributed by atoms with van der Waals surface area (Å²) in [6.45, 7) is 7.46. The van der Waals surface area contributed by atoms with E-state index in [2.05, 4.69) is 48.6 Å². The van der Waals surface area contributed by atoms with Crippen LogP contribution in [-0.4, -0.2) is 20.3 Å². The first-order chi connectivity index (χ1) is 6.17. The first kappa shape index (κ1) is 10.9. The standard InChI is InChI=1S/C8H12N2S3/c1-3-5-13(6-4-2)7(11)9-10-8(13)12/h3-4H,1-2,5-6H2,(H,9,11)(H,10,12). The van der Waals surface area contributed by atoms with Gasteiger partial charge in [0, 0.05) is 11.5 Å². The molecule has 0 aromatic carbocycles. The number of thiol groups is 2. The van der Waals surface area contributed by atoms with Gasteiger partial charge in [0.1, 0.15) is 8.75 Å². The van der Waals surface area contributed by atoms with Gasteiger partial charge < -0.3 is 0 Å².